The van der Waals surface area contributed by atoms with Crippen molar-refractivity contribution in [2.45, 2.75) is 19.3 Å². The van der Waals surface area contributed by atoms with Crippen LogP contribution >= 0.6 is 0 Å². The number of nitrogens with zero attached hydrogens (tertiary/aromatic N) is 1. The molecule has 0 bridgehead atoms. The minimum atomic E-state index is -2.62. The Balaban J connectivity index is 1.20. The molecule has 0 N–H and O–H groups in total. The van der Waals surface area contributed by atoms with Gasteiger partial charge in [0.05, 0.1) is 5.69 Å². The first-order chi connectivity index (χ1) is 26.1. The fourth-order valence-corrected chi connectivity index (χ4v) is 15.7. The van der Waals surface area contributed by atoms with E-state index in [-0.39, 0.29) is 5.41 Å². The van der Waals surface area contributed by atoms with Crippen LogP contribution in [-0.2, 0) is 5.41 Å². The molecule has 1 aliphatic carbocycles. The predicted octanol–water partition coefficient (Wildman–Crippen LogP) is 10.5. The van der Waals surface area contributed by atoms with Gasteiger partial charge in [0.25, 0.3) is 0 Å². The third-order valence-corrected chi connectivity index (χ3v) is 17.2. The molecule has 0 radical (unpaired) electrons. The second-order valence-electron chi connectivity index (χ2n) is 15.2. The molecule has 8 aromatic rings. The van der Waals surface area contributed by atoms with E-state index in [2.05, 4.69) is 207 Å². The maximum absolute atomic E-state index is 2.62. The van der Waals surface area contributed by atoms with Crippen LogP contribution in [0, 0.1) is 0 Å². The number of para-hydroxylation sites is 1. The van der Waals surface area contributed by atoms with Gasteiger partial charge in [-0.2, -0.15) is 0 Å². The lowest BCUT2D eigenvalue weighted by Crippen LogP contribution is -2.70. The van der Waals surface area contributed by atoms with Crippen LogP contribution in [0.2, 0.25) is 0 Å². The minimum Gasteiger partial charge on any atom is -0.310 e. The van der Waals surface area contributed by atoms with Crippen LogP contribution in [0.4, 0.5) is 17.1 Å². The Bertz CT molecular complexity index is 2710. The zero-order valence-electron chi connectivity index (χ0n) is 29.8. The highest BCUT2D eigenvalue weighted by Gasteiger charge is 2.54. The van der Waals surface area contributed by atoms with Gasteiger partial charge in [-0.3, -0.25) is 0 Å². The molecule has 2 aliphatic heterocycles. The van der Waals surface area contributed by atoms with E-state index < -0.39 is 8.07 Å². The van der Waals surface area contributed by atoms with Crippen LogP contribution < -0.4 is 25.6 Å². The van der Waals surface area contributed by atoms with Crippen molar-refractivity contribution in [2.75, 3.05) is 4.90 Å². The first kappa shape index (κ1) is 30.4. The summed E-state index contributed by atoms with van der Waals surface area (Å²) < 4.78 is 0. The standard InChI is InChI=1S/C51H37NSi/c1-51(2)44-23-11-6-19-38(44)43-32-35(29-31-45(43)51)52(46-24-12-7-18-37(46)34-16-4-3-5-17-34)36-28-30-42-41-22-10-15-27-49(41)53(50(42)33-36)47-25-13-8-20-39(47)40-21-9-14-26-48(40)53/h3-33H,1-2H3. The summed E-state index contributed by atoms with van der Waals surface area (Å²) in [4.78, 5) is 2.52. The molecule has 11 rings (SSSR count). The van der Waals surface area contributed by atoms with Crippen molar-refractivity contribution in [1.82, 2.24) is 0 Å². The van der Waals surface area contributed by atoms with Crippen LogP contribution in [0.15, 0.2) is 188 Å². The van der Waals surface area contributed by atoms with Crippen LogP contribution in [0.3, 0.4) is 0 Å². The Morgan fingerprint density at radius 3 is 1.49 bits per heavy atom. The smallest absolute Gasteiger partial charge is 0.182 e. The maximum Gasteiger partial charge on any atom is 0.182 e. The largest absolute Gasteiger partial charge is 0.310 e. The summed E-state index contributed by atoms with van der Waals surface area (Å²) >= 11 is 0. The highest BCUT2D eigenvalue weighted by Crippen LogP contribution is 2.51. The maximum atomic E-state index is 2.56. The number of anilines is 3. The molecule has 0 atom stereocenters. The van der Waals surface area contributed by atoms with Crippen LogP contribution in [0.25, 0.3) is 44.5 Å². The number of benzene rings is 8. The zero-order valence-corrected chi connectivity index (χ0v) is 30.8. The summed E-state index contributed by atoms with van der Waals surface area (Å²) in [5.74, 6) is 0. The summed E-state index contributed by atoms with van der Waals surface area (Å²) in [6.07, 6.45) is 0. The molecule has 0 fully saturated rings. The fraction of sp³-hybridized carbons (Fsp3) is 0.0588. The molecule has 1 spiro atoms. The molecular formula is C51H37NSi. The molecular weight excluding hydrogens is 655 g/mol. The Morgan fingerprint density at radius 2 is 0.830 bits per heavy atom. The van der Waals surface area contributed by atoms with Gasteiger partial charge >= 0.3 is 0 Å². The second kappa shape index (κ2) is 11.1. The Morgan fingerprint density at radius 1 is 0.358 bits per heavy atom. The first-order valence-electron chi connectivity index (χ1n) is 18.7. The third-order valence-electron chi connectivity index (χ3n) is 12.3. The van der Waals surface area contributed by atoms with Gasteiger partial charge in [0.2, 0.25) is 0 Å². The summed E-state index contributed by atoms with van der Waals surface area (Å²) in [6, 6.07) is 70.9. The third kappa shape index (κ3) is 4.07. The van der Waals surface area contributed by atoms with Gasteiger partial charge in [-0.15, -0.1) is 0 Å². The highest BCUT2D eigenvalue weighted by atomic mass is 28.3. The lowest BCUT2D eigenvalue weighted by atomic mass is 9.82. The Kier molecular flexibility index (Phi) is 6.39. The van der Waals surface area contributed by atoms with Crippen molar-refractivity contribution < 1.29 is 0 Å². The van der Waals surface area contributed by atoms with Crippen molar-refractivity contribution in [1.29, 1.82) is 0 Å². The molecule has 0 unspecified atom stereocenters. The molecule has 0 saturated carbocycles. The van der Waals surface area contributed by atoms with Gasteiger partial charge in [-0.05, 0) is 101 Å². The fourth-order valence-electron chi connectivity index (χ4n) is 10.0. The van der Waals surface area contributed by atoms with E-state index in [0.29, 0.717) is 0 Å². The summed E-state index contributed by atoms with van der Waals surface area (Å²) in [6.45, 7) is 4.72. The van der Waals surface area contributed by atoms with E-state index in [1.54, 1.807) is 0 Å². The van der Waals surface area contributed by atoms with E-state index in [0.717, 1.165) is 5.69 Å². The summed E-state index contributed by atoms with van der Waals surface area (Å²) in [5.41, 5.74) is 16.8. The molecule has 8 aromatic carbocycles. The molecule has 1 nitrogen and oxygen atoms in total. The van der Waals surface area contributed by atoms with Crippen molar-refractivity contribution in [2.24, 2.45) is 0 Å². The molecule has 3 aliphatic rings. The van der Waals surface area contributed by atoms with Gasteiger partial charge in [-0.1, -0.05) is 172 Å². The van der Waals surface area contributed by atoms with E-state index in [4.69, 9.17) is 0 Å². The van der Waals surface area contributed by atoms with E-state index in [1.807, 2.05) is 0 Å². The molecule has 53 heavy (non-hydrogen) atoms. The molecule has 250 valence electrons. The topological polar surface area (TPSA) is 3.24 Å². The van der Waals surface area contributed by atoms with Gasteiger partial charge in [-0.25, -0.2) is 0 Å². The van der Waals surface area contributed by atoms with Crippen molar-refractivity contribution in [3.05, 3.63) is 199 Å². The van der Waals surface area contributed by atoms with Gasteiger partial charge in [0.1, 0.15) is 0 Å². The predicted molar refractivity (Wildman–Crippen MR) is 226 cm³/mol. The van der Waals surface area contributed by atoms with Crippen molar-refractivity contribution in [3.63, 3.8) is 0 Å². The normalized spacial score (nSPS) is 14.5. The first-order valence-corrected chi connectivity index (χ1v) is 20.7. The quantitative estimate of drug-likeness (QED) is 0.166. The Hall–Kier alpha value is -6.22. The van der Waals surface area contributed by atoms with E-state index >= 15 is 0 Å². The highest BCUT2D eigenvalue weighted by molar-refractivity contribution is 7.24. The summed E-state index contributed by atoms with van der Waals surface area (Å²) in [7, 11) is -2.62. The van der Waals surface area contributed by atoms with Crippen LogP contribution in [-0.4, -0.2) is 8.07 Å². The average molecular weight is 692 g/mol. The summed E-state index contributed by atoms with van der Waals surface area (Å²) in [5, 5.41) is 5.97. The van der Waals surface area contributed by atoms with Gasteiger partial charge in [0, 0.05) is 22.4 Å². The molecule has 0 amide bonds. The SMILES string of the molecule is CC1(C)c2ccccc2-c2cc(N(c3ccc4c(c3)[Si]3(c5ccccc5-c5ccccc53)c3ccccc3-4)c3ccccc3-c3ccccc3)ccc21. The number of rotatable bonds is 4. The number of hydrogen-bond donors (Lipinski definition) is 0. The molecule has 2 heteroatoms. The lowest BCUT2D eigenvalue weighted by molar-refractivity contribution is 0.660. The van der Waals surface area contributed by atoms with Gasteiger partial charge < -0.3 is 4.90 Å². The van der Waals surface area contributed by atoms with E-state index in [1.165, 1.54) is 87.8 Å². The Labute approximate surface area is 312 Å². The molecule has 0 saturated heterocycles. The lowest BCUT2D eigenvalue weighted by Gasteiger charge is -2.31. The minimum absolute atomic E-state index is 0.0577. The van der Waals surface area contributed by atoms with Crippen LogP contribution in [0.1, 0.15) is 25.0 Å². The monoisotopic (exact) mass is 691 g/mol. The molecule has 2 heterocycles. The second-order valence-corrected chi connectivity index (χ2v) is 18.9. The van der Waals surface area contributed by atoms with E-state index in [9.17, 15) is 0 Å². The number of fused-ring (bicyclic) bond motifs is 13. The molecule has 0 aromatic heterocycles. The average Bonchev–Trinajstić information content (AvgIpc) is 3.77. The zero-order chi connectivity index (χ0) is 35.3. The number of hydrogen-bond acceptors (Lipinski definition) is 1. The van der Waals surface area contributed by atoms with Crippen LogP contribution in [0.5, 0.6) is 0 Å². The van der Waals surface area contributed by atoms with Gasteiger partial charge in [0.15, 0.2) is 8.07 Å². The van der Waals surface area contributed by atoms with Crippen molar-refractivity contribution in [3.8, 4) is 44.5 Å². The van der Waals surface area contributed by atoms with Crippen molar-refractivity contribution >= 4 is 45.9 Å².